The highest BCUT2D eigenvalue weighted by Crippen LogP contribution is 2.23. The normalized spacial score (nSPS) is 14.1. The SMILES string of the molecule is O=C(Cc1ccc(Cl)cc1)Nc1ccc(N2CCCC2=O)cc1. The summed E-state index contributed by atoms with van der Waals surface area (Å²) in [4.78, 5) is 25.5. The molecule has 2 aromatic carbocycles. The van der Waals surface area contributed by atoms with Crippen molar-refractivity contribution in [1.82, 2.24) is 0 Å². The second-order valence-electron chi connectivity index (χ2n) is 5.55. The van der Waals surface area contributed by atoms with E-state index in [4.69, 9.17) is 11.6 Å². The number of hydrogen-bond donors (Lipinski definition) is 1. The molecule has 0 radical (unpaired) electrons. The lowest BCUT2D eigenvalue weighted by molar-refractivity contribution is -0.117. The van der Waals surface area contributed by atoms with Crippen LogP contribution >= 0.6 is 11.6 Å². The van der Waals surface area contributed by atoms with Gasteiger partial charge >= 0.3 is 0 Å². The molecule has 0 spiro atoms. The molecular weight excluding hydrogens is 312 g/mol. The molecule has 118 valence electrons. The Kier molecular flexibility index (Phi) is 4.63. The predicted octanol–water partition coefficient (Wildman–Crippen LogP) is 3.65. The first-order valence-corrected chi connectivity index (χ1v) is 7.94. The zero-order chi connectivity index (χ0) is 16.2. The lowest BCUT2D eigenvalue weighted by atomic mass is 10.1. The molecule has 5 heteroatoms. The van der Waals surface area contributed by atoms with Crippen LogP contribution in [0.25, 0.3) is 0 Å². The molecule has 0 aliphatic carbocycles. The van der Waals surface area contributed by atoms with Crippen LogP contribution in [0.2, 0.25) is 5.02 Å². The number of rotatable bonds is 4. The van der Waals surface area contributed by atoms with Gasteiger partial charge in [-0.3, -0.25) is 9.59 Å². The third kappa shape index (κ3) is 3.90. The van der Waals surface area contributed by atoms with Crippen molar-refractivity contribution < 1.29 is 9.59 Å². The standard InChI is InChI=1S/C18H17ClN2O2/c19-14-5-3-13(4-6-14)12-17(22)20-15-7-9-16(10-8-15)21-11-1-2-18(21)23/h3-10H,1-2,11-12H2,(H,20,22). The summed E-state index contributed by atoms with van der Waals surface area (Å²) in [6.45, 7) is 0.765. The average molecular weight is 329 g/mol. The topological polar surface area (TPSA) is 49.4 Å². The summed E-state index contributed by atoms with van der Waals surface area (Å²) >= 11 is 5.83. The van der Waals surface area contributed by atoms with Gasteiger partial charge < -0.3 is 10.2 Å². The van der Waals surface area contributed by atoms with Gasteiger partial charge in [0.2, 0.25) is 11.8 Å². The van der Waals surface area contributed by atoms with E-state index in [-0.39, 0.29) is 11.8 Å². The Morgan fingerprint density at radius 2 is 1.78 bits per heavy atom. The van der Waals surface area contributed by atoms with E-state index in [1.807, 2.05) is 36.4 Å². The van der Waals surface area contributed by atoms with Gasteiger partial charge in [-0.2, -0.15) is 0 Å². The second kappa shape index (κ2) is 6.84. The lowest BCUT2D eigenvalue weighted by Crippen LogP contribution is -2.23. The Hall–Kier alpha value is -2.33. The van der Waals surface area contributed by atoms with Gasteiger partial charge in [0.1, 0.15) is 0 Å². The van der Waals surface area contributed by atoms with Crippen molar-refractivity contribution in [2.45, 2.75) is 19.3 Å². The molecule has 1 aliphatic heterocycles. The lowest BCUT2D eigenvalue weighted by Gasteiger charge is -2.16. The number of carbonyl (C=O) groups is 2. The quantitative estimate of drug-likeness (QED) is 0.931. The van der Waals surface area contributed by atoms with Gasteiger partial charge in [0.05, 0.1) is 6.42 Å². The third-order valence-corrected chi connectivity index (χ3v) is 4.07. The van der Waals surface area contributed by atoms with Crippen molar-refractivity contribution in [3.63, 3.8) is 0 Å². The van der Waals surface area contributed by atoms with Crippen LogP contribution in [0.15, 0.2) is 48.5 Å². The number of hydrogen-bond acceptors (Lipinski definition) is 2. The van der Waals surface area contributed by atoms with Gasteiger partial charge in [-0.05, 0) is 48.4 Å². The number of nitrogens with zero attached hydrogens (tertiary/aromatic N) is 1. The molecule has 0 unspecified atom stereocenters. The van der Waals surface area contributed by atoms with Crippen LogP contribution in [0.4, 0.5) is 11.4 Å². The van der Waals surface area contributed by atoms with E-state index >= 15 is 0 Å². The summed E-state index contributed by atoms with van der Waals surface area (Å²) in [5.41, 5.74) is 2.51. The first kappa shape index (κ1) is 15.6. The van der Waals surface area contributed by atoms with Gasteiger partial charge in [0.15, 0.2) is 0 Å². The molecule has 2 aromatic rings. The van der Waals surface area contributed by atoms with Crippen LogP contribution in [-0.4, -0.2) is 18.4 Å². The number of nitrogens with one attached hydrogen (secondary N) is 1. The summed E-state index contributed by atoms with van der Waals surface area (Å²) in [5, 5.41) is 3.51. The van der Waals surface area contributed by atoms with Gasteiger partial charge in [-0.1, -0.05) is 23.7 Å². The second-order valence-corrected chi connectivity index (χ2v) is 5.98. The summed E-state index contributed by atoms with van der Waals surface area (Å²) in [5.74, 6) is 0.0712. The van der Waals surface area contributed by atoms with Crippen molar-refractivity contribution in [3.8, 4) is 0 Å². The van der Waals surface area contributed by atoms with Crippen molar-refractivity contribution in [2.75, 3.05) is 16.8 Å². The van der Waals surface area contributed by atoms with E-state index in [1.54, 1.807) is 17.0 Å². The molecule has 2 amide bonds. The minimum absolute atomic E-state index is 0.0858. The first-order valence-electron chi connectivity index (χ1n) is 7.56. The monoisotopic (exact) mass is 328 g/mol. The average Bonchev–Trinajstić information content (AvgIpc) is 2.96. The van der Waals surface area contributed by atoms with Crippen LogP contribution in [0.1, 0.15) is 18.4 Å². The van der Waals surface area contributed by atoms with E-state index < -0.39 is 0 Å². The maximum atomic E-state index is 12.1. The van der Waals surface area contributed by atoms with Gasteiger partial charge in [-0.15, -0.1) is 0 Å². The maximum Gasteiger partial charge on any atom is 0.228 e. The Morgan fingerprint density at radius 1 is 1.09 bits per heavy atom. The fourth-order valence-corrected chi connectivity index (χ4v) is 2.76. The summed E-state index contributed by atoms with van der Waals surface area (Å²) in [6, 6.07) is 14.6. The molecule has 1 N–H and O–H groups in total. The molecule has 0 aromatic heterocycles. The maximum absolute atomic E-state index is 12.1. The van der Waals surface area contributed by atoms with Crippen molar-refractivity contribution in [2.24, 2.45) is 0 Å². The Balaban J connectivity index is 1.60. The molecule has 1 aliphatic rings. The molecule has 0 saturated carbocycles. The summed E-state index contributed by atoms with van der Waals surface area (Å²) < 4.78 is 0. The number of carbonyl (C=O) groups excluding carboxylic acids is 2. The van der Waals surface area contributed by atoms with Gasteiger partial charge in [0.25, 0.3) is 0 Å². The van der Waals surface area contributed by atoms with Gasteiger partial charge in [0, 0.05) is 29.4 Å². The Labute approximate surface area is 140 Å². The van der Waals surface area contributed by atoms with Crippen LogP contribution in [0.5, 0.6) is 0 Å². The summed E-state index contributed by atoms with van der Waals surface area (Å²) in [7, 11) is 0. The summed E-state index contributed by atoms with van der Waals surface area (Å²) in [6.07, 6.45) is 1.81. The van der Waals surface area contributed by atoms with Crippen LogP contribution in [0, 0.1) is 0 Å². The molecular formula is C18H17ClN2O2. The molecule has 1 heterocycles. The van der Waals surface area contributed by atoms with Crippen LogP contribution < -0.4 is 10.2 Å². The van der Waals surface area contributed by atoms with Crippen molar-refractivity contribution >= 4 is 34.8 Å². The third-order valence-electron chi connectivity index (χ3n) is 3.81. The number of benzene rings is 2. The van der Waals surface area contributed by atoms with Crippen LogP contribution in [0.3, 0.4) is 0 Å². The fraction of sp³-hybridized carbons (Fsp3) is 0.222. The van der Waals surface area contributed by atoms with E-state index in [0.717, 1.165) is 29.9 Å². The smallest absolute Gasteiger partial charge is 0.228 e. The molecule has 4 nitrogen and oxygen atoms in total. The molecule has 0 bridgehead atoms. The van der Waals surface area contributed by atoms with E-state index in [2.05, 4.69) is 5.32 Å². The Morgan fingerprint density at radius 3 is 2.39 bits per heavy atom. The van der Waals surface area contributed by atoms with E-state index in [9.17, 15) is 9.59 Å². The Bertz CT molecular complexity index is 711. The fourth-order valence-electron chi connectivity index (χ4n) is 2.64. The first-order chi connectivity index (χ1) is 11.1. The molecule has 23 heavy (non-hydrogen) atoms. The highest BCUT2D eigenvalue weighted by atomic mass is 35.5. The van der Waals surface area contributed by atoms with Gasteiger partial charge in [-0.25, -0.2) is 0 Å². The number of amides is 2. The number of anilines is 2. The molecule has 3 rings (SSSR count). The molecule has 0 atom stereocenters. The van der Waals surface area contributed by atoms with E-state index in [1.165, 1.54) is 0 Å². The van der Waals surface area contributed by atoms with E-state index in [0.29, 0.717) is 17.9 Å². The van der Waals surface area contributed by atoms with Crippen LogP contribution in [-0.2, 0) is 16.0 Å². The van der Waals surface area contributed by atoms with Crippen molar-refractivity contribution in [3.05, 3.63) is 59.1 Å². The highest BCUT2D eigenvalue weighted by Gasteiger charge is 2.21. The largest absolute Gasteiger partial charge is 0.326 e. The minimum atomic E-state index is -0.0858. The minimum Gasteiger partial charge on any atom is -0.326 e. The molecule has 1 fully saturated rings. The molecule has 1 saturated heterocycles. The predicted molar refractivity (Wildman–Crippen MR) is 91.8 cm³/mol. The highest BCUT2D eigenvalue weighted by molar-refractivity contribution is 6.30. The number of halogens is 1. The van der Waals surface area contributed by atoms with Crippen molar-refractivity contribution in [1.29, 1.82) is 0 Å². The zero-order valence-electron chi connectivity index (χ0n) is 12.6. The zero-order valence-corrected chi connectivity index (χ0v) is 13.3.